The number of sulfonamides is 1. The molecule has 0 spiro atoms. The molecule has 0 saturated carbocycles. The average molecular weight is 406 g/mol. The maximum Gasteiger partial charge on any atom is 0.248 e. The van der Waals surface area contributed by atoms with Gasteiger partial charge in [0.05, 0.1) is 5.02 Å². The molecule has 2 aromatic carbocycles. The summed E-state index contributed by atoms with van der Waals surface area (Å²) in [6.45, 7) is 6.26. The molecule has 0 saturated heterocycles. The van der Waals surface area contributed by atoms with Crippen LogP contribution in [-0.4, -0.2) is 36.0 Å². The molecule has 3 rings (SSSR count). The van der Waals surface area contributed by atoms with E-state index in [1.165, 1.54) is 16.4 Å². The standard InChI is InChI=1S/C19H20ClN3O3S/c1-4-23(5-2)27(24,25)17-12-15(9-10-16(17)20)19-22-21-18(26-19)14-8-6-7-13(3)11-14/h6-12H,4-5H2,1-3H3. The van der Waals surface area contributed by atoms with Crippen LogP contribution in [0.15, 0.2) is 51.8 Å². The monoisotopic (exact) mass is 405 g/mol. The molecule has 0 bridgehead atoms. The normalized spacial score (nSPS) is 11.9. The number of rotatable bonds is 6. The molecule has 0 aliphatic heterocycles. The van der Waals surface area contributed by atoms with E-state index in [1.807, 2.05) is 31.2 Å². The second-order valence-corrected chi connectivity index (χ2v) is 8.33. The van der Waals surface area contributed by atoms with E-state index < -0.39 is 10.0 Å². The van der Waals surface area contributed by atoms with Gasteiger partial charge in [-0.05, 0) is 37.3 Å². The summed E-state index contributed by atoms with van der Waals surface area (Å²) in [7, 11) is -3.70. The Morgan fingerprint density at radius 2 is 1.63 bits per heavy atom. The molecule has 8 heteroatoms. The fourth-order valence-corrected chi connectivity index (χ4v) is 4.73. The van der Waals surface area contributed by atoms with Crippen LogP contribution in [0.4, 0.5) is 0 Å². The second kappa shape index (κ2) is 7.80. The summed E-state index contributed by atoms with van der Waals surface area (Å²) in [5.41, 5.74) is 2.38. The Morgan fingerprint density at radius 1 is 1.00 bits per heavy atom. The maximum absolute atomic E-state index is 12.8. The van der Waals surface area contributed by atoms with Crippen LogP contribution in [0.2, 0.25) is 5.02 Å². The van der Waals surface area contributed by atoms with Gasteiger partial charge in [0.25, 0.3) is 0 Å². The summed E-state index contributed by atoms with van der Waals surface area (Å²) < 4.78 is 32.8. The molecule has 1 aromatic heterocycles. The third-order valence-corrected chi connectivity index (χ3v) is 6.72. The van der Waals surface area contributed by atoms with E-state index in [0.29, 0.717) is 24.5 Å². The van der Waals surface area contributed by atoms with Gasteiger partial charge in [0.2, 0.25) is 21.8 Å². The first-order valence-corrected chi connectivity index (χ1v) is 10.4. The largest absolute Gasteiger partial charge is 0.416 e. The van der Waals surface area contributed by atoms with E-state index in [-0.39, 0.29) is 15.8 Å². The Balaban J connectivity index is 2.02. The van der Waals surface area contributed by atoms with Gasteiger partial charge in [0.1, 0.15) is 4.90 Å². The van der Waals surface area contributed by atoms with Gasteiger partial charge in [0.15, 0.2) is 0 Å². The summed E-state index contributed by atoms with van der Waals surface area (Å²) >= 11 is 6.17. The molecule has 0 aliphatic rings. The minimum Gasteiger partial charge on any atom is -0.416 e. The third kappa shape index (κ3) is 3.90. The lowest BCUT2D eigenvalue weighted by Gasteiger charge is -2.19. The summed E-state index contributed by atoms with van der Waals surface area (Å²) in [4.78, 5) is 0.0284. The predicted octanol–water partition coefficient (Wildman–Crippen LogP) is 4.40. The predicted molar refractivity (Wildman–Crippen MR) is 105 cm³/mol. The highest BCUT2D eigenvalue weighted by molar-refractivity contribution is 7.89. The quantitative estimate of drug-likeness (QED) is 0.607. The fraction of sp³-hybridized carbons (Fsp3) is 0.263. The van der Waals surface area contributed by atoms with E-state index in [0.717, 1.165) is 11.1 Å². The SMILES string of the molecule is CCN(CC)S(=O)(=O)c1cc(-c2nnc(-c3cccc(C)c3)o2)ccc1Cl. The number of hydrogen-bond acceptors (Lipinski definition) is 5. The highest BCUT2D eigenvalue weighted by Gasteiger charge is 2.25. The average Bonchev–Trinajstić information content (AvgIpc) is 3.13. The van der Waals surface area contributed by atoms with Crippen molar-refractivity contribution in [2.24, 2.45) is 0 Å². The molecule has 142 valence electrons. The lowest BCUT2D eigenvalue weighted by atomic mass is 10.1. The van der Waals surface area contributed by atoms with Gasteiger partial charge in [-0.2, -0.15) is 4.31 Å². The zero-order valence-electron chi connectivity index (χ0n) is 15.3. The van der Waals surface area contributed by atoms with Crippen LogP contribution in [0.25, 0.3) is 22.9 Å². The van der Waals surface area contributed by atoms with Gasteiger partial charge >= 0.3 is 0 Å². The molecule has 0 N–H and O–H groups in total. The first kappa shape index (κ1) is 19.5. The number of aromatic nitrogens is 2. The molecule has 0 fully saturated rings. The Labute approximate surface area is 163 Å². The number of aryl methyl sites for hydroxylation is 1. The van der Waals surface area contributed by atoms with Crippen molar-refractivity contribution < 1.29 is 12.8 Å². The topological polar surface area (TPSA) is 76.3 Å². The summed E-state index contributed by atoms with van der Waals surface area (Å²) in [6.07, 6.45) is 0. The van der Waals surface area contributed by atoms with Gasteiger partial charge in [-0.25, -0.2) is 8.42 Å². The van der Waals surface area contributed by atoms with Crippen molar-refractivity contribution in [1.82, 2.24) is 14.5 Å². The van der Waals surface area contributed by atoms with Crippen molar-refractivity contribution >= 4 is 21.6 Å². The third-order valence-electron chi connectivity index (χ3n) is 4.19. The first-order valence-electron chi connectivity index (χ1n) is 8.57. The molecule has 0 radical (unpaired) electrons. The van der Waals surface area contributed by atoms with Gasteiger partial charge in [-0.15, -0.1) is 10.2 Å². The Kier molecular flexibility index (Phi) is 5.64. The van der Waals surface area contributed by atoms with Crippen molar-refractivity contribution in [2.45, 2.75) is 25.7 Å². The molecule has 6 nitrogen and oxygen atoms in total. The van der Waals surface area contributed by atoms with Gasteiger partial charge in [-0.1, -0.05) is 43.1 Å². The van der Waals surface area contributed by atoms with Crippen LogP contribution in [-0.2, 0) is 10.0 Å². The smallest absolute Gasteiger partial charge is 0.248 e. The fourth-order valence-electron chi connectivity index (χ4n) is 2.77. The van der Waals surface area contributed by atoms with Gasteiger partial charge in [-0.3, -0.25) is 0 Å². The molecule has 0 atom stereocenters. The van der Waals surface area contributed by atoms with E-state index in [9.17, 15) is 8.42 Å². The van der Waals surface area contributed by atoms with Crippen LogP contribution in [0.5, 0.6) is 0 Å². The molecular formula is C19H20ClN3O3S. The van der Waals surface area contributed by atoms with Crippen LogP contribution < -0.4 is 0 Å². The van der Waals surface area contributed by atoms with Gasteiger partial charge < -0.3 is 4.42 Å². The molecule has 1 heterocycles. The zero-order valence-corrected chi connectivity index (χ0v) is 16.9. The first-order chi connectivity index (χ1) is 12.9. The van der Waals surface area contributed by atoms with Crippen molar-refractivity contribution in [2.75, 3.05) is 13.1 Å². The number of benzene rings is 2. The number of hydrogen-bond donors (Lipinski definition) is 0. The minimum atomic E-state index is -3.70. The van der Waals surface area contributed by atoms with E-state index in [4.69, 9.17) is 16.0 Å². The number of nitrogens with zero attached hydrogens (tertiary/aromatic N) is 3. The molecule has 0 aliphatic carbocycles. The van der Waals surface area contributed by atoms with Crippen molar-refractivity contribution in [3.8, 4) is 22.9 Å². The summed E-state index contributed by atoms with van der Waals surface area (Å²) in [6, 6.07) is 12.4. The Hall–Kier alpha value is -2.22. The van der Waals surface area contributed by atoms with Crippen molar-refractivity contribution in [3.05, 3.63) is 53.1 Å². The highest BCUT2D eigenvalue weighted by Crippen LogP contribution is 2.31. The zero-order chi connectivity index (χ0) is 19.6. The van der Waals surface area contributed by atoms with Crippen LogP contribution in [0.3, 0.4) is 0 Å². The van der Waals surface area contributed by atoms with Crippen LogP contribution in [0.1, 0.15) is 19.4 Å². The van der Waals surface area contributed by atoms with E-state index >= 15 is 0 Å². The summed E-state index contributed by atoms with van der Waals surface area (Å²) in [5.74, 6) is 0.607. The van der Waals surface area contributed by atoms with Crippen LogP contribution in [0, 0.1) is 6.92 Å². The van der Waals surface area contributed by atoms with Gasteiger partial charge in [0, 0.05) is 24.2 Å². The second-order valence-electron chi connectivity index (χ2n) is 6.02. The Morgan fingerprint density at radius 3 is 2.22 bits per heavy atom. The maximum atomic E-state index is 12.8. The lowest BCUT2D eigenvalue weighted by Crippen LogP contribution is -2.30. The van der Waals surface area contributed by atoms with E-state index in [1.54, 1.807) is 19.9 Å². The molecule has 27 heavy (non-hydrogen) atoms. The molecule has 0 amide bonds. The summed E-state index contributed by atoms with van der Waals surface area (Å²) in [5, 5.41) is 8.30. The van der Waals surface area contributed by atoms with E-state index in [2.05, 4.69) is 10.2 Å². The Bertz CT molecular complexity index is 1060. The lowest BCUT2D eigenvalue weighted by molar-refractivity contribution is 0.445. The van der Waals surface area contributed by atoms with Crippen molar-refractivity contribution in [3.63, 3.8) is 0 Å². The molecule has 0 unspecified atom stereocenters. The number of halogens is 1. The van der Waals surface area contributed by atoms with Crippen molar-refractivity contribution in [1.29, 1.82) is 0 Å². The molecule has 3 aromatic rings. The highest BCUT2D eigenvalue weighted by atomic mass is 35.5. The molecular weight excluding hydrogens is 386 g/mol. The van der Waals surface area contributed by atoms with Crippen LogP contribution >= 0.6 is 11.6 Å². The minimum absolute atomic E-state index is 0.0284.